The minimum atomic E-state index is -1.49. The number of carboxylic acids is 4. The highest BCUT2D eigenvalue weighted by molar-refractivity contribution is 5.86. The molecule has 0 saturated carbocycles. The third-order valence-electron chi connectivity index (χ3n) is 6.35. The minimum Gasteiger partial charge on any atom is -0.481 e. The maximum Gasteiger partial charge on any atom is 0.326 e. The number of azide groups is 1. The van der Waals surface area contributed by atoms with Crippen LogP contribution in [0.25, 0.3) is 10.4 Å². The molecule has 0 aliphatic carbocycles. The lowest BCUT2D eigenvalue weighted by Crippen LogP contribution is -2.51. The van der Waals surface area contributed by atoms with E-state index in [4.69, 9.17) is 15.7 Å². The van der Waals surface area contributed by atoms with Crippen LogP contribution in [0.3, 0.4) is 0 Å². The van der Waals surface area contributed by atoms with E-state index in [-0.39, 0.29) is 57.0 Å². The van der Waals surface area contributed by atoms with Gasteiger partial charge in [-0.2, -0.15) is 0 Å². The summed E-state index contributed by atoms with van der Waals surface area (Å²) in [5, 5.41) is 49.1. The summed E-state index contributed by atoms with van der Waals surface area (Å²) in [7, 11) is 0. The number of carbonyl (C=O) groups excluding carboxylic acids is 3. The third-order valence-corrected chi connectivity index (χ3v) is 6.35. The largest absolute Gasteiger partial charge is 0.481 e. The first kappa shape index (κ1) is 39.4. The van der Waals surface area contributed by atoms with Crippen molar-refractivity contribution < 1.29 is 54.0 Å². The summed E-state index contributed by atoms with van der Waals surface area (Å²) in [6, 6.07) is -4.86. The van der Waals surface area contributed by atoms with Gasteiger partial charge in [0.2, 0.25) is 11.8 Å². The Morgan fingerprint density at radius 1 is 0.591 bits per heavy atom. The number of unbranched alkanes of at least 4 members (excludes halogenated alkanes) is 5. The fourth-order valence-electron chi connectivity index (χ4n) is 3.95. The van der Waals surface area contributed by atoms with Gasteiger partial charge in [0.05, 0.1) is 0 Å². The quantitative estimate of drug-likeness (QED) is 0.0295. The van der Waals surface area contributed by atoms with Crippen LogP contribution in [-0.4, -0.2) is 93.4 Å². The van der Waals surface area contributed by atoms with Crippen LogP contribution in [-0.2, 0) is 28.8 Å². The average molecular weight is 630 g/mol. The van der Waals surface area contributed by atoms with E-state index in [0.717, 1.165) is 0 Å². The molecule has 248 valence electrons. The lowest BCUT2D eigenvalue weighted by molar-refractivity contribution is -0.142. The molecule has 0 spiro atoms. The normalized spacial score (nSPS) is 12.5. The Bertz CT molecular complexity index is 1020. The predicted octanol–water partition coefficient (Wildman–Crippen LogP) is 1.73. The number of nitrogens with zero attached hydrogens (tertiary/aromatic N) is 3. The van der Waals surface area contributed by atoms with Crippen LogP contribution in [0.2, 0.25) is 0 Å². The third kappa shape index (κ3) is 21.2. The van der Waals surface area contributed by atoms with Crippen molar-refractivity contribution in [3.63, 3.8) is 0 Å². The van der Waals surface area contributed by atoms with Crippen molar-refractivity contribution in [1.29, 1.82) is 0 Å². The molecule has 0 aliphatic rings. The van der Waals surface area contributed by atoms with E-state index in [2.05, 4.69) is 26.0 Å². The van der Waals surface area contributed by atoms with E-state index in [9.17, 15) is 43.8 Å². The van der Waals surface area contributed by atoms with Gasteiger partial charge in [-0.3, -0.25) is 14.4 Å². The highest BCUT2D eigenvalue weighted by Gasteiger charge is 2.25. The molecule has 0 heterocycles. The molecular weight excluding hydrogens is 586 g/mol. The Morgan fingerprint density at radius 3 is 1.61 bits per heavy atom. The SMILES string of the molecule is [N-]=[N+]=NCCCCC(NC(=O)CCCCCCC(=O)NCCCC[C@H](NC(=O)N[C@@H](CCC(=O)O)C(=O)O)C(=O)O)C(=O)O. The fourth-order valence-corrected chi connectivity index (χ4v) is 3.95. The summed E-state index contributed by atoms with van der Waals surface area (Å²) < 4.78 is 0. The second-order valence-corrected chi connectivity index (χ2v) is 10.0. The number of aliphatic carboxylic acids is 4. The summed E-state index contributed by atoms with van der Waals surface area (Å²) >= 11 is 0. The second-order valence-electron chi connectivity index (χ2n) is 10.0. The number of rotatable bonds is 26. The van der Waals surface area contributed by atoms with Crippen molar-refractivity contribution in [2.75, 3.05) is 13.1 Å². The zero-order chi connectivity index (χ0) is 33.3. The number of carbonyl (C=O) groups is 7. The van der Waals surface area contributed by atoms with E-state index < -0.39 is 54.5 Å². The number of hydrogen-bond acceptors (Lipinski definition) is 8. The van der Waals surface area contributed by atoms with Gasteiger partial charge in [-0.1, -0.05) is 24.4 Å². The molecule has 8 N–H and O–H groups in total. The Labute approximate surface area is 254 Å². The number of carboxylic acid groups (broad SMARTS) is 4. The molecular formula is C26H43N7O11. The van der Waals surface area contributed by atoms with Gasteiger partial charge in [0.1, 0.15) is 18.1 Å². The molecule has 0 aromatic rings. The summed E-state index contributed by atoms with van der Waals surface area (Å²) in [5.41, 5.74) is 8.23. The van der Waals surface area contributed by atoms with Gasteiger partial charge in [-0.05, 0) is 56.9 Å². The van der Waals surface area contributed by atoms with Gasteiger partial charge in [-0.15, -0.1) is 0 Å². The lowest BCUT2D eigenvalue weighted by atomic mass is 10.1. The maximum absolute atomic E-state index is 12.0. The molecule has 1 unspecified atom stereocenters. The zero-order valence-corrected chi connectivity index (χ0v) is 24.5. The van der Waals surface area contributed by atoms with Crippen molar-refractivity contribution in [1.82, 2.24) is 21.3 Å². The molecule has 0 fully saturated rings. The van der Waals surface area contributed by atoms with E-state index in [1.54, 1.807) is 0 Å². The van der Waals surface area contributed by atoms with Crippen LogP contribution >= 0.6 is 0 Å². The number of nitrogens with one attached hydrogen (secondary N) is 4. The molecule has 4 amide bonds. The first-order chi connectivity index (χ1) is 20.9. The van der Waals surface area contributed by atoms with E-state index >= 15 is 0 Å². The molecule has 0 rings (SSSR count). The maximum atomic E-state index is 12.0. The number of hydrogen-bond donors (Lipinski definition) is 8. The van der Waals surface area contributed by atoms with Crippen LogP contribution < -0.4 is 21.3 Å². The molecule has 18 heteroatoms. The summed E-state index contributed by atoms with van der Waals surface area (Å²) in [6.07, 6.45) is 4.07. The van der Waals surface area contributed by atoms with Gasteiger partial charge in [0.15, 0.2) is 0 Å². The Balaban J connectivity index is 4.11. The van der Waals surface area contributed by atoms with Crippen LogP contribution in [0.15, 0.2) is 5.11 Å². The zero-order valence-electron chi connectivity index (χ0n) is 24.5. The number of urea groups is 1. The second kappa shape index (κ2) is 23.9. The van der Waals surface area contributed by atoms with Crippen molar-refractivity contribution in [3.05, 3.63) is 10.4 Å². The van der Waals surface area contributed by atoms with Gasteiger partial charge in [0.25, 0.3) is 0 Å². The Morgan fingerprint density at radius 2 is 1.09 bits per heavy atom. The highest BCUT2D eigenvalue weighted by atomic mass is 16.4. The molecule has 0 aromatic carbocycles. The van der Waals surface area contributed by atoms with E-state index in [1.165, 1.54) is 0 Å². The van der Waals surface area contributed by atoms with Crippen LogP contribution in [0.4, 0.5) is 4.79 Å². The fraction of sp³-hybridized carbons (Fsp3) is 0.731. The van der Waals surface area contributed by atoms with E-state index in [0.29, 0.717) is 51.4 Å². The first-order valence-electron chi connectivity index (χ1n) is 14.4. The smallest absolute Gasteiger partial charge is 0.326 e. The van der Waals surface area contributed by atoms with Crippen molar-refractivity contribution in [2.45, 2.75) is 108 Å². The minimum absolute atomic E-state index is 0.0176. The van der Waals surface area contributed by atoms with Gasteiger partial charge < -0.3 is 41.7 Å². The molecule has 0 aliphatic heterocycles. The average Bonchev–Trinajstić information content (AvgIpc) is 2.94. The Hall–Kier alpha value is -4.60. The van der Waals surface area contributed by atoms with Crippen molar-refractivity contribution in [3.8, 4) is 0 Å². The van der Waals surface area contributed by atoms with Crippen LogP contribution in [0.1, 0.15) is 89.9 Å². The highest BCUT2D eigenvalue weighted by Crippen LogP contribution is 2.08. The van der Waals surface area contributed by atoms with Crippen molar-refractivity contribution in [2.24, 2.45) is 5.11 Å². The van der Waals surface area contributed by atoms with Gasteiger partial charge >= 0.3 is 29.9 Å². The predicted molar refractivity (Wildman–Crippen MR) is 153 cm³/mol. The molecule has 0 bridgehead atoms. The summed E-state index contributed by atoms with van der Waals surface area (Å²) in [6.45, 7) is 0.547. The standard InChI is InChI=1S/C26H43N7O11/c27-33-29-16-8-6-9-17(23(38)39)30-21(35)12-4-2-1-3-11-20(34)28-15-7-5-10-18(24(40)41)31-26(44)32-19(25(42)43)13-14-22(36)37/h17-19H,1-16H2,(H,28,34)(H,30,35)(H,36,37)(H,38,39)(H,40,41)(H,42,43)(H2,31,32,44)/t17?,18-,19-/m0/s1. The van der Waals surface area contributed by atoms with Crippen LogP contribution in [0, 0.1) is 0 Å². The first-order valence-corrected chi connectivity index (χ1v) is 14.4. The van der Waals surface area contributed by atoms with Gasteiger partial charge in [0, 0.05) is 37.3 Å². The molecule has 18 nitrogen and oxygen atoms in total. The topological polar surface area (TPSA) is 297 Å². The van der Waals surface area contributed by atoms with Crippen molar-refractivity contribution >= 4 is 41.7 Å². The molecule has 0 radical (unpaired) electrons. The van der Waals surface area contributed by atoms with E-state index in [1.807, 2.05) is 5.32 Å². The molecule has 0 saturated heterocycles. The molecule has 0 aromatic heterocycles. The summed E-state index contributed by atoms with van der Waals surface area (Å²) in [5.74, 6) is -5.72. The van der Waals surface area contributed by atoms with Gasteiger partial charge in [-0.25, -0.2) is 19.2 Å². The van der Waals surface area contributed by atoms with Crippen LogP contribution in [0.5, 0.6) is 0 Å². The molecule has 3 atom stereocenters. The lowest BCUT2D eigenvalue weighted by Gasteiger charge is -2.18. The summed E-state index contributed by atoms with van der Waals surface area (Å²) in [4.78, 5) is 83.3. The monoisotopic (exact) mass is 629 g/mol. The molecule has 44 heavy (non-hydrogen) atoms. The Kier molecular flexibility index (Phi) is 21.4. The number of amides is 4.